The number of carbonyl (C=O) groups is 1. The van der Waals surface area contributed by atoms with Gasteiger partial charge in [0.15, 0.2) is 0 Å². The van der Waals surface area contributed by atoms with Crippen LogP contribution in [0.4, 0.5) is 0 Å². The highest BCUT2D eigenvalue weighted by Crippen LogP contribution is 2.10. The molecule has 0 aliphatic heterocycles. The molecule has 1 aromatic rings. The van der Waals surface area contributed by atoms with E-state index >= 15 is 0 Å². The average molecular weight is 305 g/mol. The number of amides is 1. The van der Waals surface area contributed by atoms with E-state index in [9.17, 15) is 13.2 Å². The Labute approximate surface area is 117 Å². The van der Waals surface area contributed by atoms with E-state index in [4.69, 9.17) is 0 Å². The molecule has 0 saturated heterocycles. The van der Waals surface area contributed by atoms with Crippen LogP contribution in [-0.4, -0.2) is 50.0 Å². The Morgan fingerprint density at radius 2 is 2.21 bits per heavy atom. The predicted molar refractivity (Wildman–Crippen MR) is 75.7 cm³/mol. The Bertz CT molecular complexity index is 525. The topological polar surface area (TPSA) is 79.4 Å². The number of nitrogens with one attached hydrogen (secondary N) is 1. The SMILES string of the molecule is Cc1csc(CCCNC(=O)CN(C)S(C)(=O)=O)n1. The molecule has 0 unspecified atom stereocenters. The third kappa shape index (κ3) is 6.13. The number of rotatable bonds is 7. The first-order chi connectivity index (χ1) is 8.79. The summed E-state index contributed by atoms with van der Waals surface area (Å²) in [5, 5.41) is 5.75. The number of hydrogen-bond acceptors (Lipinski definition) is 5. The number of hydrogen-bond donors (Lipinski definition) is 1. The van der Waals surface area contributed by atoms with Crippen LogP contribution < -0.4 is 5.32 Å². The van der Waals surface area contributed by atoms with E-state index < -0.39 is 10.0 Å². The Balaban J connectivity index is 2.21. The minimum absolute atomic E-state index is 0.144. The molecular weight excluding hydrogens is 286 g/mol. The van der Waals surface area contributed by atoms with Gasteiger partial charge >= 0.3 is 0 Å². The summed E-state index contributed by atoms with van der Waals surface area (Å²) >= 11 is 1.61. The quantitative estimate of drug-likeness (QED) is 0.739. The van der Waals surface area contributed by atoms with Gasteiger partial charge in [-0.05, 0) is 13.3 Å². The lowest BCUT2D eigenvalue weighted by molar-refractivity contribution is -0.121. The molecule has 1 rings (SSSR count). The summed E-state index contributed by atoms with van der Waals surface area (Å²) < 4.78 is 23.3. The molecule has 6 nitrogen and oxygen atoms in total. The van der Waals surface area contributed by atoms with Gasteiger partial charge in [-0.25, -0.2) is 13.4 Å². The molecule has 1 aromatic heterocycles. The Morgan fingerprint density at radius 3 is 2.74 bits per heavy atom. The summed E-state index contributed by atoms with van der Waals surface area (Å²) in [6, 6.07) is 0. The average Bonchev–Trinajstić information content (AvgIpc) is 2.69. The fourth-order valence-corrected chi connectivity index (χ4v) is 2.53. The van der Waals surface area contributed by atoms with Crippen molar-refractivity contribution in [1.82, 2.24) is 14.6 Å². The summed E-state index contributed by atoms with van der Waals surface area (Å²) in [7, 11) is -1.92. The molecular formula is C11H19N3O3S2. The van der Waals surface area contributed by atoms with Crippen LogP contribution in [0, 0.1) is 6.92 Å². The van der Waals surface area contributed by atoms with Crippen LogP contribution >= 0.6 is 11.3 Å². The molecule has 1 amide bonds. The predicted octanol–water partition coefficient (Wildman–Crippen LogP) is 0.392. The Morgan fingerprint density at radius 1 is 1.53 bits per heavy atom. The van der Waals surface area contributed by atoms with Crippen molar-refractivity contribution in [2.24, 2.45) is 0 Å². The van der Waals surface area contributed by atoms with Gasteiger partial charge in [0.1, 0.15) is 0 Å². The molecule has 1 N–H and O–H groups in total. The molecule has 0 atom stereocenters. The molecule has 0 aliphatic carbocycles. The molecule has 108 valence electrons. The third-order valence-corrected chi connectivity index (χ3v) is 4.78. The highest BCUT2D eigenvalue weighted by atomic mass is 32.2. The molecule has 0 radical (unpaired) electrons. The molecule has 1 heterocycles. The van der Waals surface area contributed by atoms with Gasteiger partial charge in [0.05, 0.1) is 17.8 Å². The number of carbonyl (C=O) groups excluding carboxylic acids is 1. The number of nitrogens with zero attached hydrogens (tertiary/aromatic N) is 2. The first kappa shape index (κ1) is 16.1. The highest BCUT2D eigenvalue weighted by Gasteiger charge is 2.14. The minimum Gasteiger partial charge on any atom is -0.355 e. The van der Waals surface area contributed by atoms with Crippen molar-refractivity contribution in [3.05, 3.63) is 16.1 Å². The van der Waals surface area contributed by atoms with Crippen LogP contribution in [0.1, 0.15) is 17.1 Å². The van der Waals surface area contributed by atoms with Gasteiger partial charge in [0, 0.05) is 31.1 Å². The van der Waals surface area contributed by atoms with Crippen molar-refractivity contribution in [2.45, 2.75) is 19.8 Å². The number of aromatic nitrogens is 1. The third-order valence-electron chi connectivity index (χ3n) is 2.49. The van der Waals surface area contributed by atoms with E-state index in [2.05, 4.69) is 10.3 Å². The van der Waals surface area contributed by atoms with Crippen molar-refractivity contribution in [3.63, 3.8) is 0 Å². The normalized spacial score (nSPS) is 11.8. The van der Waals surface area contributed by atoms with Crippen molar-refractivity contribution < 1.29 is 13.2 Å². The van der Waals surface area contributed by atoms with Gasteiger partial charge in [-0.2, -0.15) is 4.31 Å². The largest absolute Gasteiger partial charge is 0.355 e. The minimum atomic E-state index is -3.30. The maximum Gasteiger partial charge on any atom is 0.235 e. The highest BCUT2D eigenvalue weighted by molar-refractivity contribution is 7.88. The van der Waals surface area contributed by atoms with Crippen LogP contribution in [0.25, 0.3) is 0 Å². The summed E-state index contributed by atoms with van der Waals surface area (Å²) in [6.45, 7) is 2.33. The molecule has 0 spiro atoms. The van der Waals surface area contributed by atoms with Crippen LogP contribution in [0.2, 0.25) is 0 Å². The zero-order valence-corrected chi connectivity index (χ0v) is 13.0. The lowest BCUT2D eigenvalue weighted by Gasteiger charge is -2.13. The van der Waals surface area contributed by atoms with E-state index in [-0.39, 0.29) is 12.5 Å². The van der Waals surface area contributed by atoms with E-state index in [1.807, 2.05) is 12.3 Å². The second kappa shape index (κ2) is 6.97. The van der Waals surface area contributed by atoms with E-state index in [1.54, 1.807) is 11.3 Å². The number of thiazole rings is 1. The maximum atomic E-state index is 11.5. The van der Waals surface area contributed by atoms with Crippen molar-refractivity contribution >= 4 is 27.3 Å². The molecule has 0 bridgehead atoms. The fraction of sp³-hybridized carbons (Fsp3) is 0.636. The summed E-state index contributed by atoms with van der Waals surface area (Å²) in [6.07, 6.45) is 2.69. The van der Waals surface area contributed by atoms with Crippen LogP contribution in [0.5, 0.6) is 0 Å². The van der Waals surface area contributed by atoms with Gasteiger partial charge < -0.3 is 5.32 Å². The first-order valence-electron chi connectivity index (χ1n) is 5.88. The van der Waals surface area contributed by atoms with Crippen LogP contribution in [0.3, 0.4) is 0 Å². The molecule has 19 heavy (non-hydrogen) atoms. The molecule has 0 aliphatic rings. The summed E-state index contributed by atoms with van der Waals surface area (Å²) in [5.74, 6) is -0.289. The molecule has 0 aromatic carbocycles. The monoisotopic (exact) mass is 305 g/mol. The van der Waals surface area contributed by atoms with E-state index in [0.29, 0.717) is 6.54 Å². The number of likely N-dealkylation sites (N-methyl/N-ethyl adjacent to an activating group) is 1. The van der Waals surface area contributed by atoms with Crippen LogP contribution in [-0.2, 0) is 21.2 Å². The fourth-order valence-electron chi connectivity index (χ4n) is 1.36. The zero-order valence-electron chi connectivity index (χ0n) is 11.3. The van der Waals surface area contributed by atoms with Gasteiger partial charge in [-0.1, -0.05) is 0 Å². The van der Waals surface area contributed by atoms with Crippen LogP contribution in [0.15, 0.2) is 5.38 Å². The van der Waals surface area contributed by atoms with Crippen molar-refractivity contribution in [2.75, 3.05) is 26.4 Å². The van der Waals surface area contributed by atoms with Crippen molar-refractivity contribution in [1.29, 1.82) is 0 Å². The number of aryl methyl sites for hydroxylation is 2. The Kier molecular flexibility index (Phi) is 5.89. The molecule has 0 saturated carbocycles. The molecule has 8 heteroatoms. The van der Waals surface area contributed by atoms with Gasteiger partial charge in [-0.3, -0.25) is 4.79 Å². The lowest BCUT2D eigenvalue weighted by atomic mass is 10.3. The smallest absolute Gasteiger partial charge is 0.235 e. The van der Waals surface area contributed by atoms with Gasteiger partial charge in [-0.15, -0.1) is 11.3 Å². The lowest BCUT2D eigenvalue weighted by Crippen LogP contribution is -2.38. The van der Waals surface area contributed by atoms with E-state index in [1.165, 1.54) is 7.05 Å². The summed E-state index contributed by atoms with van der Waals surface area (Å²) in [4.78, 5) is 15.8. The Hall–Kier alpha value is -0.990. The molecule has 0 fully saturated rings. The second-order valence-electron chi connectivity index (χ2n) is 4.36. The second-order valence-corrected chi connectivity index (χ2v) is 7.39. The first-order valence-corrected chi connectivity index (χ1v) is 8.61. The van der Waals surface area contributed by atoms with E-state index in [0.717, 1.165) is 34.1 Å². The summed E-state index contributed by atoms with van der Waals surface area (Å²) in [5.41, 5.74) is 1.01. The number of sulfonamides is 1. The maximum absolute atomic E-state index is 11.5. The van der Waals surface area contributed by atoms with Gasteiger partial charge in [0.2, 0.25) is 15.9 Å². The van der Waals surface area contributed by atoms with Crippen molar-refractivity contribution in [3.8, 4) is 0 Å². The van der Waals surface area contributed by atoms with Gasteiger partial charge in [0.25, 0.3) is 0 Å². The standard InChI is InChI=1S/C11H19N3O3S2/c1-9-8-18-11(13-9)5-4-6-12-10(15)7-14(2)19(3,16)17/h8H,4-7H2,1-3H3,(H,12,15). The zero-order chi connectivity index (χ0) is 14.5.